The Kier molecular flexibility index (Phi) is 3.01. The molecule has 4 heteroatoms. The molecule has 0 aromatic heterocycles. The molecule has 13 heavy (non-hydrogen) atoms. The van der Waals surface area contributed by atoms with E-state index in [9.17, 15) is 9.59 Å². The highest BCUT2D eigenvalue weighted by atomic mass is 32.2. The van der Waals surface area contributed by atoms with Gasteiger partial charge in [0, 0.05) is 0 Å². The predicted molar refractivity (Wildman–Crippen MR) is 53.5 cm³/mol. The van der Waals surface area contributed by atoms with Crippen molar-refractivity contribution in [3.05, 3.63) is 0 Å². The maximum atomic E-state index is 11.6. The van der Waals surface area contributed by atoms with E-state index in [1.54, 1.807) is 0 Å². The molecular weight excluding hydrogens is 186 g/mol. The van der Waals surface area contributed by atoms with E-state index in [2.05, 4.69) is 5.32 Å². The van der Waals surface area contributed by atoms with Crippen LogP contribution in [0, 0.1) is 0 Å². The van der Waals surface area contributed by atoms with Crippen molar-refractivity contribution in [2.75, 3.05) is 0 Å². The lowest BCUT2D eigenvalue weighted by Gasteiger charge is -2.35. The molecule has 0 radical (unpaired) electrons. The maximum Gasteiger partial charge on any atom is 0.242 e. The van der Waals surface area contributed by atoms with Crippen LogP contribution < -0.4 is 5.32 Å². The molecule has 1 heterocycles. The minimum absolute atomic E-state index is 0.113. The van der Waals surface area contributed by atoms with E-state index in [4.69, 9.17) is 0 Å². The highest BCUT2D eigenvalue weighted by Gasteiger charge is 2.43. The molecule has 0 aromatic carbocycles. The number of imide groups is 1. The van der Waals surface area contributed by atoms with E-state index in [1.165, 1.54) is 11.8 Å². The standard InChI is InChI=1S/C9H15NO2S/c1-4-9(5-2)8(12)10-7(11)6(3)13-9/h6H,4-5H2,1-3H3,(H,10,11,12). The van der Waals surface area contributed by atoms with Gasteiger partial charge in [-0.1, -0.05) is 13.8 Å². The van der Waals surface area contributed by atoms with Crippen molar-refractivity contribution in [1.82, 2.24) is 5.32 Å². The molecule has 1 aliphatic heterocycles. The van der Waals surface area contributed by atoms with Crippen LogP contribution >= 0.6 is 11.8 Å². The van der Waals surface area contributed by atoms with Crippen LogP contribution in [0.25, 0.3) is 0 Å². The van der Waals surface area contributed by atoms with Crippen molar-refractivity contribution in [1.29, 1.82) is 0 Å². The summed E-state index contributed by atoms with van der Waals surface area (Å²) in [5, 5.41) is 2.31. The molecule has 0 bridgehead atoms. The Bertz CT molecular complexity index is 236. The highest BCUT2D eigenvalue weighted by molar-refractivity contribution is 8.02. The summed E-state index contributed by atoms with van der Waals surface area (Å²) in [7, 11) is 0. The van der Waals surface area contributed by atoms with Crippen LogP contribution in [0.4, 0.5) is 0 Å². The van der Waals surface area contributed by atoms with Gasteiger partial charge in [0.25, 0.3) is 0 Å². The summed E-state index contributed by atoms with van der Waals surface area (Å²) in [5.74, 6) is -0.280. The van der Waals surface area contributed by atoms with Crippen molar-refractivity contribution in [3.8, 4) is 0 Å². The molecule has 0 saturated carbocycles. The number of amides is 2. The summed E-state index contributed by atoms with van der Waals surface area (Å²) in [5.41, 5.74) is 0. The zero-order valence-corrected chi connectivity index (χ0v) is 9.03. The topological polar surface area (TPSA) is 46.2 Å². The first kappa shape index (κ1) is 10.6. The van der Waals surface area contributed by atoms with Crippen LogP contribution in [-0.4, -0.2) is 21.8 Å². The molecule has 0 aromatic rings. The molecule has 74 valence electrons. The van der Waals surface area contributed by atoms with Gasteiger partial charge in [0.05, 0.1) is 10.00 Å². The highest BCUT2D eigenvalue weighted by Crippen LogP contribution is 2.38. The summed E-state index contributed by atoms with van der Waals surface area (Å²) >= 11 is 1.49. The van der Waals surface area contributed by atoms with Crippen LogP contribution in [0.15, 0.2) is 0 Å². The van der Waals surface area contributed by atoms with Crippen molar-refractivity contribution in [3.63, 3.8) is 0 Å². The number of carbonyl (C=O) groups excluding carboxylic acids is 2. The van der Waals surface area contributed by atoms with Crippen molar-refractivity contribution >= 4 is 23.6 Å². The number of nitrogens with one attached hydrogen (secondary N) is 1. The average Bonchev–Trinajstić information content (AvgIpc) is 2.12. The molecule has 3 nitrogen and oxygen atoms in total. The zero-order valence-electron chi connectivity index (χ0n) is 8.22. The number of thioether (sulfide) groups is 1. The summed E-state index contributed by atoms with van der Waals surface area (Å²) in [6, 6.07) is 0. The number of carbonyl (C=O) groups is 2. The Morgan fingerprint density at radius 1 is 1.38 bits per heavy atom. The van der Waals surface area contributed by atoms with Gasteiger partial charge in [-0.25, -0.2) is 0 Å². The van der Waals surface area contributed by atoms with E-state index in [1.807, 2.05) is 20.8 Å². The normalized spacial score (nSPS) is 27.2. The fraction of sp³-hybridized carbons (Fsp3) is 0.778. The summed E-state index contributed by atoms with van der Waals surface area (Å²) in [6.07, 6.45) is 1.55. The molecule has 0 spiro atoms. The molecule has 1 saturated heterocycles. The summed E-state index contributed by atoms with van der Waals surface area (Å²) < 4.78 is -0.382. The molecule has 1 atom stereocenters. The third kappa shape index (κ3) is 1.73. The molecule has 1 N–H and O–H groups in total. The van der Waals surface area contributed by atoms with Gasteiger partial charge in [0.1, 0.15) is 0 Å². The predicted octanol–water partition coefficient (Wildman–Crippen LogP) is 1.32. The van der Waals surface area contributed by atoms with E-state index in [-0.39, 0.29) is 21.8 Å². The van der Waals surface area contributed by atoms with Gasteiger partial charge in [0.15, 0.2) is 0 Å². The molecule has 1 aliphatic rings. The first-order valence-corrected chi connectivity index (χ1v) is 5.47. The summed E-state index contributed by atoms with van der Waals surface area (Å²) in [6.45, 7) is 5.81. The minimum Gasteiger partial charge on any atom is -0.294 e. The van der Waals surface area contributed by atoms with Gasteiger partial charge in [-0.3, -0.25) is 14.9 Å². The van der Waals surface area contributed by atoms with Gasteiger partial charge in [0.2, 0.25) is 11.8 Å². The molecule has 0 aliphatic carbocycles. The van der Waals surface area contributed by atoms with Crippen LogP contribution in [0.5, 0.6) is 0 Å². The first-order chi connectivity index (χ1) is 6.05. The van der Waals surface area contributed by atoms with Crippen LogP contribution in [0.3, 0.4) is 0 Å². The van der Waals surface area contributed by atoms with Gasteiger partial charge in [-0.15, -0.1) is 11.8 Å². The van der Waals surface area contributed by atoms with Crippen molar-refractivity contribution in [2.24, 2.45) is 0 Å². The lowest BCUT2D eigenvalue weighted by atomic mass is 10.0. The van der Waals surface area contributed by atoms with E-state index in [0.717, 1.165) is 12.8 Å². The third-order valence-electron chi connectivity index (χ3n) is 2.56. The molecule has 1 fully saturated rings. The van der Waals surface area contributed by atoms with Crippen LogP contribution in [0.2, 0.25) is 0 Å². The van der Waals surface area contributed by atoms with Gasteiger partial charge in [-0.05, 0) is 19.8 Å². The Morgan fingerprint density at radius 3 is 2.38 bits per heavy atom. The molecular formula is C9H15NO2S. The SMILES string of the molecule is CCC1(CC)SC(C)C(=O)NC1=O. The molecule has 1 unspecified atom stereocenters. The number of rotatable bonds is 2. The third-order valence-corrected chi connectivity index (χ3v) is 4.35. The quantitative estimate of drug-likeness (QED) is 0.685. The second-order valence-electron chi connectivity index (χ2n) is 3.28. The monoisotopic (exact) mass is 201 g/mol. The Morgan fingerprint density at radius 2 is 1.92 bits per heavy atom. The van der Waals surface area contributed by atoms with E-state index < -0.39 is 0 Å². The maximum absolute atomic E-state index is 11.6. The second-order valence-corrected chi connectivity index (χ2v) is 5.00. The van der Waals surface area contributed by atoms with Crippen molar-refractivity contribution in [2.45, 2.75) is 43.6 Å². The Balaban J connectivity index is 2.87. The van der Waals surface area contributed by atoms with E-state index in [0.29, 0.717) is 0 Å². The minimum atomic E-state index is -0.382. The Labute approximate surface area is 82.6 Å². The van der Waals surface area contributed by atoms with Gasteiger partial charge >= 0.3 is 0 Å². The van der Waals surface area contributed by atoms with Crippen LogP contribution in [0.1, 0.15) is 33.6 Å². The lowest BCUT2D eigenvalue weighted by Crippen LogP contribution is -2.54. The summed E-state index contributed by atoms with van der Waals surface area (Å²) in [4.78, 5) is 22.8. The molecule has 2 amide bonds. The average molecular weight is 201 g/mol. The number of hydrogen-bond acceptors (Lipinski definition) is 3. The van der Waals surface area contributed by atoms with E-state index >= 15 is 0 Å². The van der Waals surface area contributed by atoms with Gasteiger partial charge < -0.3 is 0 Å². The molecule has 1 rings (SSSR count). The fourth-order valence-corrected chi connectivity index (χ4v) is 2.84. The number of hydrogen-bond donors (Lipinski definition) is 1. The first-order valence-electron chi connectivity index (χ1n) is 4.59. The zero-order chi connectivity index (χ0) is 10.1. The lowest BCUT2D eigenvalue weighted by molar-refractivity contribution is -0.132. The Hall–Kier alpha value is -0.510. The second kappa shape index (κ2) is 3.70. The largest absolute Gasteiger partial charge is 0.294 e. The smallest absolute Gasteiger partial charge is 0.242 e. The van der Waals surface area contributed by atoms with Crippen molar-refractivity contribution < 1.29 is 9.59 Å². The van der Waals surface area contributed by atoms with Gasteiger partial charge in [-0.2, -0.15) is 0 Å². The fourth-order valence-electron chi connectivity index (χ4n) is 1.51. The van der Waals surface area contributed by atoms with Crippen LogP contribution in [-0.2, 0) is 9.59 Å².